The number of aryl methyl sites for hydroxylation is 1. The van der Waals surface area contributed by atoms with Crippen LogP contribution in [0.5, 0.6) is 0 Å². The first-order valence-corrected chi connectivity index (χ1v) is 17.7. The Morgan fingerprint density at radius 1 is 0.827 bits per heavy atom. The van der Waals surface area contributed by atoms with Crippen LogP contribution in [-0.4, -0.2) is 89.8 Å². The summed E-state index contributed by atoms with van der Waals surface area (Å²) in [7, 11) is 0. The van der Waals surface area contributed by atoms with Crippen LogP contribution in [0.4, 0.5) is 0 Å². The second-order valence-electron chi connectivity index (χ2n) is 13.0. The van der Waals surface area contributed by atoms with E-state index in [4.69, 9.17) is 4.84 Å². The molecule has 2 fully saturated rings. The lowest BCUT2D eigenvalue weighted by molar-refractivity contribution is -0.191. The van der Waals surface area contributed by atoms with Crippen molar-refractivity contribution in [1.82, 2.24) is 31.6 Å². The molecular formula is C36H50N6O10. The molecule has 1 heterocycles. The monoisotopic (exact) mass is 726 g/mol. The van der Waals surface area contributed by atoms with Crippen LogP contribution in [0.1, 0.15) is 93.0 Å². The highest BCUT2D eigenvalue weighted by Crippen LogP contribution is 2.31. The predicted octanol–water partition coefficient (Wildman–Crippen LogP) is 1.38. The summed E-state index contributed by atoms with van der Waals surface area (Å²) in [5, 5.41) is 23.6. The van der Waals surface area contributed by atoms with Crippen LogP contribution < -0.4 is 26.6 Å². The normalized spacial score (nSPS) is 17.4. The molecule has 1 saturated heterocycles. The molecule has 0 bridgehead atoms. The summed E-state index contributed by atoms with van der Waals surface area (Å²) < 4.78 is 0. The fourth-order valence-corrected chi connectivity index (χ4v) is 5.84. The highest BCUT2D eigenvalue weighted by atomic mass is 16.7. The Hall–Kier alpha value is -5.28. The molecule has 0 spiro atoms. The zero-order chi connectivity index (χ0) is 38.0. The number of allylic oxidation sites excluding steroid dienone is 1. The molecule has 2 aliphatic rings. The maximum Gasteiger partial charge on any atom is 0.336 e. The largest absolute Gasteiger partial charge is 0.480 e. The highest BCUT2D eigenvalue weighted by molar-refractivity contribution is 5.94. The van der Waals surface area contributed by atoms with E-state index in [-0.39, 0.29) is 81.3 Å². The summed E-state index contributed by atoms with van der Waals surface area (Å²) in [5.41, 5.74) is 1.97. The lowest BCUT2D eigenvalue weighted by Gasteiger charge is -2.27. The summed E-state index contributed by atoms with van der Waals surface area (Å²) in [6.45, 7) is 6.12. The zero-order valence-corrected chi connectivity index (χ0v) is 29.6. The van der Waals surface area contributed by atoms with Crippen LogP contribution in [0.3, 0.4) is 0 Å². The van der Waals surface area contributed by atoms with Gasteiger partial charge in [-0.1, -0.05) is 24.3 Å². The third-order valence-corrected chi connectivity index (χ3v) is 8.87. The van der Waals surface area contributed by atoms with E-state index in [0.29, 0.717) is 62.8 Å². The van der Waals surface area contributed by atoms with Crippen LogP contribution in [-0.2, 0) is 38.4 Å². The van der Waals surface area contributed by atoms with Gasteiger partial charge in [0.05, 0.1) is 11.6 Å². The number of nitrogens with zero attached hydrogens (tertiary/aromatic N) is 1. The average molecular weight is 727 g/mol. The smallest absolute Gasteiger partial charge is 0.336 e. The number of carboxylic acids is 1. The Kier molecular flexibility index (Phi) is 16.7. The molecule has 1 aromatic carbocycles. The van der Waals surface area contributed by atoms with Crippen LogP contribution in [0, 0.1) is 18.8 Å². The molecule has 6 N–H and O–H groups in total. The van der Waals surface area contributed by atoms with Gasteiger partial charge in [-0.15, -0.1) is 5.06 Å². The van der Waals surface area contributed by atoms with Gasteiger partial charge in [0.2, 0.25) is 23.6 Å². The van der Waals surface area contributed by atoms with E-state index in [1.54, 1.807) is 18.2 Å². The number of carbonyl (C=O) groups excluding carboxylic acids is 7. The molecule has 16 nitrogen and oxygen atoms in total. The molecule has 3 rings (SSSR count). The van der Waals surface area contributed by atoms with E-state index in [0.717, 1.165) is 10.6 Å². The maximum atomic E-state index is 12.6. The summed E-state index contributed by atoms with van der Waals surface area (Å²) in [4.78, 5) is 102. The van der Waals surface area contributed by atoms with E-state index in [1.807, 2.05) is 13.0 Å². The third kappa shape index (κ3) is 14.2. The molecule has 1 saturated carbocycles. The minimum absolute atomic E-state index is 0.00966. The molecule has 16 heteroatoms. The van der Waals surface area contributed by atoms with Crippen molar-refractivity contribution in [3.63, 3.8) is 0 Å². The molecule has 0 aromatic heterocycles. The molecular weight excluding hydrogens is 676 g/mol. The SMILES string of the molecule is C=C1CCC(=O)N1OC(=O)C1CCC(C(=O)NCCC(=O)NCCC(=O)NCCC(=O)N[C@H](CCCCNC(=O)c2cccc(C)c2)C(=O)O)CC1. The van der Waals surface area contributed by atoms with Crippen molar-refractivity contribution in [3.8, 4) is 0 Å². The van der Waals surface area contributed by atoms with Gasteiger partial charge in [0.15, 0.2) is 0 Å². The fraction of sp³-hybridized carbons (Fsp3) is 0.556. The van der Waals surface area contributed by atoms with Crippen molar-refractivity contribution in [1.29, 1.82) is 0 Å². The van der Waals surface area contributed by atoms with Crippen LogP contribution in [0.25, 0.3) is 0 Å². The second kappa shape index (κ2) is 21.2. The summed E-state index contributed by atoms with van der Waals surface area (Å²) >= 11 is 0. The maximum absolute atomic E-state index is 12.6. The lowest BCUT2D eigenvalue weighted by atomic mass is 9.81. The molecule has 1 aliphatic heterocycles. The number of rotatable bonds is 20. The Balaban J connectivity index is 1.19. The number of hydrogen-bond acceptors (Lipinski definition) is 9. The molecule has 52 heavy (non-hydrogen) atoms. The molecule has 1 atom stereocenters. The summed E-state index contributed by atoms with van der Waals surface area (Å²) in [6, 6.07) is 6.07. The van der Waals surface area contributed by atoms with Crippen molar-refractivity contribution < 1.29 is 48.3 Å². The Morgan fingerprint density at radius 2 is 1.44 bits per heavy atom. The Morgan fingerprint density at radius 3 is 2.04 bits per heavy atom. The molecule has 1 aromatic rings. The number of aliphatic carboxylic acids is 1. The van der Waals surface area contributed by atoms with Crippen molar-refractivity contribution >= 4 is 47.4 Å². The molecule has 0 unspecified atom stereocenters. The predicted molar refractivity (Wildman–Crippen MR) is 187 cm³/mol. The van der Waals surface area contributed by atoms with Gasteiger partial charge in [0.1, 0.15) is 6.04 Å². The van der Waals surface area contributed by atoms with Gasteiger partial charge in [-0.3, -0.25) is 28.8 Å². The van der Waals surface area contributed by atoms with Gasteiger partial charge >= 0.3 is 11.9 Å². The zero-order valence-electron chi connectivity index (χ0n) is 29.6. The van der Waals surface area contributed by atoms with Crippen LogP contribution in [0.2, 0.25) is 0 Å². The second-order valence-corrected chi connectivity index (χ2v) is 13.0. The van der Waals surface area contributed by atoms with Crippen LogP contribution >= 0.6 is 0 Å². The molecule has 0 radical (unpaired) electrons. The van der Waals surface area contributed by atoms with Crippen molar-refractivity contribution in [2.45, 2.75) is 90.0 Å². The van der Waals surface area contributed by atoms with Crippen molar-refractivity contribution in [2.24, 2.45) is 11.8 Å². The number of hydrogen-bond donors (Lipinski definition) is 6. The number of benzene rings is 1. The van der Waals surface area contributed by atoms with Gasteiger partial charge in [0.25, 0.3) is 11.8 Å². The minimum Gasteiger partial charge on any atom is -0.480 e. The van der Waals surface area contributed by atoms with E-state index in [2.05, 4.69) is 33.2 Å². The van der Waals surface area contributed by atoms with E-state index in [1.165, 1.54) is 0 Å². The first-order valence-electron chi connectivity index (χ1n) is 17.7. The Bertz CT molecular complexity index is 1470. The fourth-order valence-electron chi connectivity index (χ4n) is 5.84. The number of nitrogens with one attached hydrogen (secondary N) is 5. The lowest BCUT2D eigenvalue weighted by Crippen LogP contribution is -2.42. The number of hydroxylamine groups is 2. The van der Waals surface area contributed by atoms with Gasteiger partial charge in [0, 0.05) is 63.3 Å². The number of carboxylic acid groups (broad SMARTS) is 1. The Labute approximate surface area is 302 Å². The van der Waals surface area contributed by atoms with Gasteiger partial charge < -0.3 is 36.5 Å². The third-order valence-electron chi connectivity index (χ3n) is 8.87. The highest BCUT2D eigenvalue weighted by Gasteiger charge is 2.35. The minimum atomic E-state index is -1.18. The molecule has 284 valence electrons. The number of amides is 6. The first-order chi connectivity index (χ1) is 24.8. The van der Waals surface area contributed by atoms with E-state index < -0.39 is 35.7 Å². The number of unbranched alkanes of at least 4 members (excludes halogenated alkanes) is 1. The topological polar surface area (TPSA) is 229 Å². The van der Waals surface area contributed by atoms with Gasteiger partial charge in [-0.25, -0.2) is 9.59 Å². The van der Waals surface area contributed by atoms with E-state index >= 15 is 0 Å². The standard InChI is InChI=1S/C36H50N6O10/c1-23-6-5-7-27(22-23)34(48)39-18-4-3-8-28(35(49)50)41-31(45)17-20-38-29(43)15-19-37-30(44)16-21-40-33(47)25-10-12-26(13-11-25)36(51)52-42-24(2)9-14-32(42)46/h5-7,22,25-26,28H,2-4,8-21H2,1H3,(H,37,44)(H,38,43)(H,39,48)(H,40,47)(H,41,45)(H,49,50)/t25?,26?,28-/m1/s1. The molecule has 6 amide bonds. The van der Waals surface area contributed by atoms with Gasteiger partial charge in [-0.2, -0.15) is 0 Å². The molecule has 1 aliphatic carbocycles. The van der Waals surface area contributed by atoms with Crippen LogP contribution in [0.15, 0.2) is 36.5 Å². The van der Waals surface area contributed by atoms with E-state index in [9.17, 15) is 43.5 Å². The summed E-state index contributed by atoms with van der Waals surface area (Å²) in [5.74, 6) is -4.40. The van der Waals surface area contributed by atoms with Crippen molar-refractivity contribution in [3.05, 3.63) is 47.7 Å². The quantitative estimate of drug-likeness (QED) is 0.106. The number of carbonyl (C=O) groups is 8. The first kappa shape index (κ1) is 41.1. The van der Waals surface area contributed by atoms with Crippen molar-refractivity contribution in [2.75, 3.05) is 26.2 Å². The average Bonchev–Trinajstić information content (AvgIpc) is 3.42. The van der Waals surface area contributed by atoms with Gasteiger partial charge in [-0.05, 0) is 70.4 Å². The summed E-state index contributed by atoms with van der Waals surface area (Å²) in [6.07, 6.45) is 3.56.